The van der Waals surface area contributed by atoms with Crippen molar-refractivity contribution in [3.63, 3.8) is 0 Å². The van der Waals surface area contributed by atoms with Crippen LogP contribution in [0.4, 0.5) is 11.5 Å². The predicted molar refractivity (Wildman–Crippen MR) is 257 cm³/mol. The summed E-state index contributed by atoms with van der Waals surface area (Å²) in [4.78, 5) is 81.6. The van der Waals surface area contributed by atoms with E-state index in [1.807, 2.05) is 54.7 Å². The zero-order chi connectivity index (χ0) is 49.2. The molecule has 3 aromatic carbocycles. The van der Waals surface area contributed by atoms with Crippen molar-refractivity contribution in [3.8, 4) is 17.2 Å². The Kier molecular flexibility index (Phi) is 18.0. The standard InChI is InChI=1S/C51H56N10O9/c1-34(36-14-12-35(29-52)13-15-36)30-56-47(37-7-3-2-4-8-37)49(65)58-43-18-16-38(31-55-43)39-32-57-60(33-39)22-6-11-44(62)54-21-24-69-26-28-70-27-25-68-23-20-53-41-10-5-9-40-46(41)51(67)61(50(40)66)42-17-19-45(63)59-48(42)64/h2-5,7-10,12-16,18,31-34,42,47,53,56H,6,11,17,19-28,30H2,1H3,(H,54,62)(H,55,58,65)(H,59,63,64)/t34-,42?,47-/m1/s1. The third-order valence-electron chi connectivity index (χ3n) is 11.7. The summed E-state index contributed by atoms with van der Waals surface area (Å²) in [6.45, 7) is 5.89. The highest BCUT2D eigenvalue weighted by Gasteiger charge is 2.45. The van der Waals surface area contributed by atoms with Crippen molar-refractivity contribution in [3.05, 3.63) is 131 Å². The van der Waals surface area contributed by atoms with Crippen LogP contribution in [-0.4, -0.2) is 120 Å². The molecule has 364 valence electrons. The number of amides is 6. The Morgan fingerprint density at radius 3 is 2.29 bits per heavy atom. The van der Waals surface area contributed by atoms with Crippen molar-refractivity contribution in [2.24, 2.45) is 0 Å². The van der Waals surface area contributed by atoms with Gasteiger partial charge in [-0.25, -0.2) is 4.98 Å². The van der Waals surface area contributed by atoms with Crippen molar-refractivity contribution >= 4 is 46.9 Å². The monoisotopic (exact) mass is 952 g/mol. The molecule has 1 saturated heterocycles. The number of pyridine rings is 1. The molecule has 0 aliphatic carbocycles. The second-order valence-electron chi connectivity index (χ2n) is 16.7. The Hall–Kier alpha value is -7.63. The van der Waals surface area contributed by atoms with Gasteiger partial charge in [0.15, 0.2) is 0 Å². The van der Waals surface area contributed by atoms with E-state index in [9.17, 15) is 28.8 Å². The lowest BCUT2D eigenvalue weighted by atomic mass is 9.98. The van der Waals surface area contributed by atoms with Crippen molar-refractivity contribution < 1.29 is 43.0 Å². The molecule has 1 fully saturated rings. The number of fused-ring (bicyclic) bond motifs is 1. The topological polar surface area (TPSA) is 248 Å². The molecule has 4 heterocycles. The molecule has 0 radical (unpaired) electrons. The summed E-state index contributed by atoms with van der Waals surface area (Å²) in [5.41, 5.74) is 5.02. The number of anilines is 2. The highest BCUT2D eigenvalue weighted by Crippen LogP contribution is 2.32. The first-order valence-electron chi connectivity index (χ1n) is 23.3. The van der Waals surface area contributed by atoms with Gasteiger partial charge in [0.25, 0.3) is 11.8 Å². The molecule has 0 spiro atoms. The van der Waals surface area contributed by atoms with Gasteiger partial charge in [0.05, 0.1) is 68.6 Å². The number of rotatable bonds is 26. The number of ether oxygens (including phenoxy) is 3. The first-order valence-corrected chi connectivity index (χ1v) is 23.3. The molecule has 6 amide bonds. The number of hydrogen-bond donors (Lipinski definition) is 5. The maximum atomic E-state index is 13.6. The number of nitrogens with one attached hydrogen (secondary N) is 5. The molecule has 2 aromatic heterocycles. The molecule has 70 heavy (non-hydrogen) atoms. The maximum absolute atomic E-state index is 13.6. The van der Waals surface area contributed by atoms with Crippen LogP contribution in [0.3, 0.4) is 0 Å². The molecule has 7 rings (SSSR count). The van der Waals surface area contributed by atoms with E-state index in [0.717, 1.165) is 27.2 Å². The molecule has 3 atom stereocenters. The van der Waals surface area contributed by atoms with Crippen LogP contribution in [0.5, 0.6) is 0 Å². The van der Waals surface area contributed by atoms with Crippen molar-refractivity contribution in [1.29, 1.82) is 5.26 Å². The average molecular weight is 953 g/mol. The Balaban J connectivity index is 0.716. The second-order valence-corrected chi connectivity index (χ2v) is 16.7. The fourth-order valence-corrected chi connectivity index (χ4v) is 7.99. The normalized spacial score (nSPS) is 15.2. The van der Waals surface area contributed by atoms with Crippen LogP contribution >= 0.6 is 0 Å². The van der Waals surface area contributed by atoms with E-state index in [1.165, 1.54) is 0 Å². The van der Waals surface area contributed by atoms with Gasteiger partial charge in [0, 0.05) is 68.2 Å². The van der Waals surface area contributed by atoms with Gasteiger partial charge in [-0.2, -0.15) is 10.4 Å². The Morgan fingerprint density at radius 1 is 0.829 bits per heavy atom. The van der Waals surface area contributed by atoms with Crippen LogP contribution in [0.25, 0.3) is 11.1 Å². The molecule has 5 aromatic rings. The largest absolute Gasteiger partial charge is 0.382 e. The van der Waals surface area contributed by atoms with Crippen molar-refractivity contribution in [1.82, 2.24) is 35.6 Å². The third kappa shape index (κ3) is 13.5. The number of piperidine rings is 1. The molecule has 2 aliphatic heterocycles. The summed E-state index contributed by atoms with van der Waals surface area (Å²) in [5.74, 6) is -2.04. The lowest BCUT2D eigenvalue weighted by Gasteiger charge is -2.27. The molecule has 19 heteroatoms. The van der Waals surface area contributed by atoms with Crippen LogP contribution < -0.4 is 26.6 Å². The number of hydrogen-bond acceptors (Lipinski definition) is 14. The molecule has 19 nitrogen and oxygen atoms in total. The third-order valence-corrected chi connectivity index (χ3v) is 11.7. The van der Waals surface area contributed by atoms with Gasteiger partial charge in [0.2, 0.25) is 23.6 Å². The van der Waals surface area contributed by atoms with Gasteiger partial charge in [-0.05, 0) is 66.3 Å². The van der Waals surface area contributed by atoms with E-state index < -0.39 is 35.7 Å². The summed E-state index contributed by atoms with van der Waals surface area (Å²) < 4.78 is 18.5. The fourth-order valence-electron chi connectivity index (χ4n) is 7.99. The molecule has 0 bridgehead atoms. The number of benzene rings is 3. The summed E-state index contributed by atoms with van der Waals surface area (Å²) in [7, 11) is 0. The van der Waals surface area contributed by atoms with Gasteiger partial charge in [0.1, 0.15) is 17.9 Å². The number of carbonyl (C=O) groups excluding carboxylic acids is 6. The minimum atomic E-state index is -1.03. The summed E-state index contributed by atoms with van der Waals surface area (Å²) in [6.07, 6.45) is 6.37. The summed E-state index contributed by atoms with van der Waals surface area (Å²) in [6, 6.07) is 26.0. The number of nitriles is 1. The first-order chi connectivity index (χ1) is 34.1. The molecule has 1 unspecified atom stereocenters. The second kappa shape index (κ2) is 25.1. The smallest absolute Gasteiger partial charge is 0.264 e. The fraction of sp³-hybridized carbons (Fsp3) is 0.353. The van der Waals surface area contributed by atoms with Crippen molar-refractivity contribution in [2.75, 3.05) is 69.9 Å². The highest BCUT2D eigenvalue weighted by molar-refractivity contribution is 6.25. The predicted octanol–water partition coefficient (Wildman–Crippen LogP) is 4.35. The van der Waals surface area contributed by atoms with Gasteiger partial charge >= 0.3 is 0 Å². The zero-order valence-corrected chi connectivity index (χ0v) is 38.9. The van der Waals surface area contributed by atoms with Crippen LogP contribution in [0, 0.1) is 11.3 Å². The van der Waals surface area contributed by atoms with Crippen LogP contribution in [0.1, 0.15) is 82.0 Å². The first kappa shape index (κ1) is 50.3. The maximum Gasteiger partial charge on any atom is 0.264 e. The van der Waals surface area contributed by atoms with Gasteiger partial charge < -0.3 is 35.5 Å². The number of nitrogens with zero attached hydrogens (tertiary/aromatic N) is 5. The van der Waals surface area contributed by atoms with Crippen LogP contribution in [0.2, 0.25) is 0 Å². The SMILES string of the molecule is C[C@H](CN[C@@H](C(=O)Nc1ccc(-c2cnn(CCCC(=O)NCCOCCOCCOCCNc3cccc4c3C(=O)N(C3CCC(=O)NC3=O)C4=O)c2)cn1)c1ccccc1)c1ccc(C#N)cc1. The Morgan fingerprint density at radius 2 is 1.57 bits per heavy atom. The molecular formula is C51H56N10O9. The number of aromatic nitrogens is 3. The van der Waals surface area contributed by atoms with Crippen LogP contribution in [0.15, 0.2) is 104 Å². The molecule has 5 N–H and O–H groups in total. The Labute approximate surface area is 405 Å². The Bertz CT molecular complexity index is 2650. The van der Waals surface area contributed by atoms with E-state index in [4.69, 9.17) is 19.5 Å². The van der Waals surface area contributed by atoms with E-state index in [0.29, 0.717) is 95.7 Å². The minimum Gasteiger partial charge on any atom is -0.382 e. The summed E-state index contributed by atoms with van der Waals surface area (Å²) in [5, 5.41) is 28.1. The summed E-state index contributed by atoms with van der Waals surface area (Å²) >= 11 is 0. The van der Waals surface area contributed by atoms with E-state index in [1.54, 1.807) is 53.5 Å². The zero-order valence-electron chi connectivity index (χ0n) is 38.9. The van der Waals surface area contributed by atoms with E-state index >= 15 is 0 Å². The van der Waals surface area contributed by atoms with Crippen molar-refractivity contribution in [2.45, 2.75) is 57.2 Å². The highest BCUT2D eigenvalue weighted by atomic mass is 16.5. The number of imide groups is 2. The minimum absolute atomic E-state index is 0.0503. The quantitative estimate of drug-likeness (QED) is 0.0382. The lowest BCUT2D eigenvalue weighted by Crippen LogP contribution is -2.54. The van der Waals surface area contributed by atoms with Gasteiger partial charge in [-0.15, -0.1) is 0 Å². The van der Waals surface area contributed by atoms with Crippen LogP contribution in [-0.2, 0) is 39.9 Å². The molecule has 2 aliphatic rings. The molecule has 0 saturated carbocycles. The number of aryl methyl sites for hydroxylation is 1. The van der Waals surface area contributed by atoms with Gasteiger partial charge in [-0.1, -0.05) is 55.5 Å². The number of carbonyl (C=O) groups is 6. The van der Waals surface area contributed by atoms with Gasteiger partial charge in [-0.3, -0.25) is 43.7 Å². The van der Waals surface area contributed by atoms with E-state index in [-0.39, 0.29) is 41.7 Å². The van der Waals surface area contributed by atoms with E-state index in [2.05, 4.69) is 49.7 Å². The molecular weight excluding hydrogens is 897 g/mol. The lowest BCUT2D eigenvalue weighted by molar-refractivity contribution is -0.136. The average Bonchev–Trinajstić information content (AvgIpc) is 3.95.